The molecule has 2 saturated heterocycles. The number of piperidine rings is 1. The van der Waals surface area contributed by atoms with Crippen molar-refractivity contribution in [3.8, 4) is 0 Å². The molecular weight excluding hydrogens is 246 g/mol. The Morgan fingerprint density at radius 1 is 1.28 bits per heavy atom. The molecule has 1 aromatic rings. The maximum absolute atomic E-state index is 5.43. The zero-order chi connectivity index (χ0) is 12.2. The zero-order valence-corrected chi connectivity index (χ0v) is 11.5. The highest BCUT2D eigenvalue weighted by Crippen LogP contribution is 2.27. The fourth-order valence-corrected chi connectivity index (χ4v) is 3.97. The molecule has 0 spiro atoms. The van der Waals surface area contributed by atoms with Gasteiger partial charge in [0.15, 0.2) is 5.82 Å². The third kappa shape index (κ3) is 3.06. The Balaban J connectivity index is 1.58. The van der Waals surface area contributed by atoms with Crippen molar-refractivity contribution >= 4 is 11.8 Å². The molecule has 1 N–H and O–H groups in total. The van der Waals surface area contributed by atoms with E-state index in [2.05, 4.69) is 27.2 Å². The van der Waals surface area contributed by atoms with Crippen LogP contribution in [0.1, 0.15) is 43.3 Å². The largest absolute Gasteiger partial charge is 0.339 e. The number of hydrogen-bond acceptors (Lipinski definition) is 5. The predicted octanol–water partition coefficient (Wildman–Crippen LogP) is 2.22. The SMILES string of the molecule is C1CSCC(Cc2nc(C3CCNCC3)no2)C1. The minimum absolute atomic E-state index is 0.504. The Kier molecular flexibility index (Phi) is 4.20. The summed E-state index contributed by atoms with van der Waals surface area (Å²) in [7, 11) is 0. The van der Waals surface area contributed by atoms with Crippen molar-refractivity contribution in [2.24, 2.45) is 5.92 Å². The molecule has 0 bridgehead atoms. The standard InChI is InChI=1S/C13H21N3OS/c1-2-10(9-18-7-1)8-12-15-13(16-17-12)11-3-5-14-6-4-11/h10-11,14H,1-9H2. The quantitative estimate of drug-likeness (QED) is 0.910. The molecule has 5 heteroatoms. The fraction of sp³-hybridized carbons (Fsp3) is 0.846. The highest BCUT2D eigenvalue weighted by Gasteiger charge is 2.22. The van der Waals surface area contributed by atoms with Crippen LogP contribution >= 0.6 is 11.8 Å². The molecule has 2 aliphatic heterocycles. The third-order valence-electron chi connectivity index (χ3n) is 3.91. The summed E-state index contributed by atoms with van der Waals surface area (Å²) in [6.07, 6.45) is 5.91. The van der Waals surface area contributed by atoms with Gasteiger partial charge in [-0.1, -0.05) is 5.16 Å². The van der Waals surface area contributed by atoms with E-state index in [1.54, 1.807) is 0 Å². The van der Waals surface area contributed by atoms with Crippen LogP contribution in [-0.2, 0) is 6.42 Å². The van der Waals surface area contributed by atoms with Crippen LogP contribution in [0.15, 0.2) is 4.52 Å². The van der Waals surface area contributed by atoms with Gasteiger partial charge in [0.05, 0.1) is 0 Å². The van der Waals surface area contributed by atoms with Crippen molar-refractivity contribution in [2.45, 2.75) is 38.0 Å². The highest BCUT2D eigenvalue weighted by molar-refractivity contribution is 7.99. The predicted molar refractivity (Wildman–Crippen MR) is 72.9 cm³/mol. The fourth-order valence-electron chi connectivity index (χ4n) is 2.81. The van der Waals surface area contributed by atoms with Gasteiger partial charge in [-0.05, 0) is 56.2 Å². The van der Waals surface area contributed by atoms with Gasteiger partial charge in [-0.25, -0.2) is 0 Å². The van der Waals surface area contributed by atoms with E-state index in [9.17, 15) is 0 Å². The van der Waals surface area contributed by atoms with E-state index in [0.29, 0.717) is 5.92 Å². The van der Waals surface area contributed by atoms with Gasteiger partial charge < -0.3 is 9.84 Å². The Morgan fingerprint density at radius 3 is 2.94 bits per heavy atom. The molecule has 2 fully saturated rings. The van der Waals surface area contributed by atoms with Gasteiger partial charge in [-0.15, -0.1) is 0 Å². The minimum atomic E-state index is 0.504. The lowest BCUT2D eigenvalue weighted by atomic mass is 9.97. The van der Waals surface area contributed by atoms with Gasteiger partial charge in [0.1, 0.15) is 0 Å². The molecule has 0 saturated carbocycles. The average Bonchev–Trinajstić information content (AvgIpc) is 2.89. The van der Waals surface area contributed by atoms with Gasteiger partial charge in [0, 0.05) is 12.3 Å². The molecule has 0 aliphatic carbocycles. The number of nitrogens with one attached hydrogen (secondary N) is 1. The van der Waals surface area contributed by atoms with Crippen LogP contribution in [0, 0.1) is 5.92 Å². The van der Waals surface area contributed by atoms with Crippen molar-refractivity contribution < 1.29 is 4.52 Å². The van der Waals surface area contributed by atoms with Gasteiger partial charge in [-0.2, -0.15) is 16.7 Å². The van der Waals surface area contributed by atoms with Gasteiger partial charge in [-0.3, -0.25) is 0 Å². The summed E-state index contributed by atoms with van der Waals surface area (Å²) in [5.74, 6) is 5.62. The summed E-state index contributed by atoms with van der Waals surface area (Å²) in [4.78, 5) is 4.61. The third-order valence-corrected chi connectivity index (χ3v) is 5.19. The first-order valence-corrected chi connectivity index (χ1v) is 8.18. The molecule has 1 aromatic heterocycles. The van der Waals surface area contributed by atoms with E-state index < -0.39 is 0 Å². The van der Waals surface area contributed by atoms with Gasteiger partial charge in [0.25, 0.3) is 0 Å². The van der Waals surface area contributed by atoms with E-state index in [4.69, 9.17) is 4.52 Å². The lowest BCUT2D eigenvalue weighted by Gasteiger charge is -2.19. The molecule has 1 atom stereocenters. The summed E-state index contributed by atoms with van der Waals surface area (Å²) in [6, 6.07) is 0. The van der Waals surface area contributed by atoms with Crippen molar-refractivity contribution in [2.75, 3.05) is 24.6 Å². The lowest BCUT2D eigenvalue weighted by Crippen LogP contribution is -2.27. The number of thioether (sulfide) groups is 1. The van der Waals surface area contributed by atoms with Gasteiger partial charge in [0.2, 0.25) is 5.89 Å². The molecule has 2 aliphatic rings. The number of rotatable bonds is 3. The van der Waals surface area contributed by atoms with Crippen molar-refractivity contribution in [3.05, 3.63) is 11.7 Å². The summed E-state index contributed by atoms with van der Waals surface area (Å²) in [5, 5.41) is 7.55. The Bertz CT molecular complexity index is 370. The van der Waals surface area contributed by atoms with E-state index in [1.807, 2.05) is 0 Å². The van der Waals surface area contributed by atoms with E-state index in [0.717, 1.165) is 50.0 Å². The topological polar surface area (TPSA) is 51.0 Å². The maximum atomic E-state index is 5.43. The number of nitrogens with zero attached hydrogens (tertiary/aromatic N) is 2. The summed E-state index contributed by atoms with van der Waals surface area (Å²) in [5.41, 5.74) is 0. The summed E-state index contributed by atoms with van der Waals surface area (Å²) < 4.78 is 5.43. The van der Waals surface area contributed by atoms with Crippen LogP contribution in [0.25, 0.3) is 0 Å². The van der Waals surface area contributed by atoms with Crippen LogP contribution in [0.4, 0.5) is 0 Å². The molecule has 0 aromatic carbocycles. The molecular formula is C13H21N3OS. The molecule has 3 rings (SSSR count). The first kappa shape index (κ1) is 12.5. The van der Waals surface area contributed by atoms with E-state index in [-0.39, 0.29) is 0 Å². The number of aromatic nitrogens is 2. The molecule has 3 heterocycles. The average molecular weight is 267 g/mol. The van der Waals surface area contributed by atoms with Crippen molar-refractivity contribution in [1.82, 2.24) is 15.5 Å². The Morgan fingerprint density at radius 2 is 2.17 bits per heavy atom. The zero-order valence-electron chi connectivity index (χ0n) is 10.7. The lowest BCUT2D eigenvalue weighted by molar-refractivity contribution is 0.342. The first-order valence-electron chi connectivity index (χ1n) is 7.03. The first-order chi connectivity index (χ1) is 8.92. The molecule has 0 radical (unpaired) electrons. The molecule has 1 unspecified atom stereocenters. The van der Waals surface area contributed by atoms with Crippen molar-refractivity contribution in [1.29, 1.82) is 0 Å². The molecule has 4 nitrogen and oxygen atoms in total. The Hall–Kier alpha value is -0.550. The van der Waals surface area contributed by atoms with Crippen molar-refractivity contribution in [3.63, 3.8) is 0 Å². The van der Waals surface area contributed by atoms with Crippen LogP contribution in [-0.4, -0.2) is 34.7 Å². The number of hydrogen-bond donors (Lipinski definition) is 1. The molecule has 100 valence electrons. The van der Waals surface area contributed by atoms with E-state index >= 15 is 0 Å². The monoisotopic (exact) mass is 267 g/mol. The minimum Gasteiger partial charge on any atom is -0.339 e. The second kappa shape index (κ2) is 6.06. The van der Waals surface area contributed by atoms with Crippen LogP contribution in [0.3, 0.4) is 0 Å². The summed E-state index contributed by atoms with van der Waals surface area (Å²) in [6.45, 7) is 2.15. The maximum Gasteiger partial charge on any atom is 0.226 e. The second-order valence-electron chi connectivity index (χ2n) is 5.36. The highest BCUT2D eigenvalue weighted by atomic mass is 32.2. The Labute approximate surface area is 112 Å². The van der Waals surface area contributed by atoms with Crippen LogP contribution in [0.5, 0.6) is 0 Å². The molecule has 0 amide bonds. The van der Waals surface area contributed by atoms with Crippen LogP contribution < -0.4 is 5.32 Å². The van der Waals surface area contributed by atoms with E-state index in [1.165, 1.54) is 24.3 Å². The smallest absolute Gasteiger partial charge is 0.226 e. The molecule has 18 heavy (non-hydrogen) atoms. The summed E-state index contributed by atoms with van der Waals surface area (Å²) >= 11 is 2.06. The van der Waals surface area contributed by atoms with Crippen LogP contribution in [0.2, 0.25) is 0 Å². The second-order valence-corrected chi connectivity index (χ2v) is 6.51. The normalized spacial score (nSPS) is 26.3. The van der Waals surface area contributed by atoms with Gasteiger partial charge >= 0.3 is 0 Å².